The summed E-state index contributed by atoms with van der Waals surface area (Å²) in [5.74, 6) is -0.121. The lowest BCUT2D eigenvalue weighted by Crippen LogP contribution is -2.48. The Morgan fingerprint density at radius 2 is 1.65 bits per heavy atom. The molecule has 1 atom stereocenters. The number of benzene rings is 2. The number of amides is 1. The minimum Gasteiger partial charge on any atom is -0.370 e. The summed E-state index contributed by atoms with van der Waals surface area (Å²) in [7, 11) is 0. The SMILES string of the molecule is O=C(COCCN1CCN(C(c2ccccc2)c2ccc(Cl)cc2)CC1)NCc1ccccn1. The lowest BCUT2D eigenvalue weighted by atomic mass is 9.96. The van der Waals surface area contributed by atoms with Crippen LogP contribution in [0.2, 0.25) is 5.02 Å². The number of hydrogen-bond donors (Lipinski definition) is 1. The molecule has 1 saturated heterocycles. The highest BCUT2D eigenvalue weighted by molar-refractivity contribution is 6.30. The van der Waals surface area contributed by atoms with E-state index < -0.39 is 0 Å². The van der Waals surface area contributed by atoms with E-state index in [1.807, 2.05) is 30.3 Å². The molecule has 1 aliphatic heterocycles. The van der Waals surface area contributed by atoms with Crippen LogP contribution in [-0.2, 0) is 16.1 Å². The van der Waals surface area contributed by atoms with Gasteiger partial charge in [-0.25, -0.2) is 0 Å². The van der Waals surface area contributed by atoms with Gasteiger partial charge in [-0.1, -0.05) is 60.1 Å². The molecule has 0 spiro atoms. The first-order chi connectivity index (χ1) is 16.7. The summed E-state index contributed by atoms with van der Waals surface area (Å²) in [5, 5.41) is 3.59. The van der Waals surface area contributed by atoms with Crippen LogP contribution >= 0.6 is 11.6 Å². The lowest BCUT2D eigenvalue weighted by molar-refractivity contribution is -0.126. The monoisotopic (exact) mass is 478 g/mol. The Kier molecular flexibility index (Phi) is 9.04. The number of pyridine rings is 1. The van der Waals surface area contributed by atoms with Crippen LogP contribution in [0, 0.1) is 0 Å². The molecule has 3 aromatic rings. The molecule has 2 aromatic carbocycles. The zero-order chi connectivity index (χ0) is 23.6. The summed E-state index contributed by atoms with van der Waals surface area (Å²) in [4.78, 5) is 21.1. The fraction of sp³-hybridized carbons (Fsp3) is 0.333. The predicted octanol–water partition coefficient (Wildman–Crippen LogP) is 3.78. The Hall–Kier alpha value is -2.77. The average Bonchev–Trinajstić information content (AvgIpc) is 2.89. The minimum atomic E-state index is -0.121. The van der Waals surface area contributed by atoms with E-state index in [0.29, 0.717) is 13.2 Å². The molecule has 1 aromatic heterocycles. The fourth-order valence-corrected chi connectivity index (χ4v) is 4.37. The van der Waals surface area contributed by atoms with Gasteiger partial charge in [-0.2, -0.15) is 0 Å². The zero-order valence-corrected chi connectivity index (χ0v) is 20.0. The van der Waals surface area contributed by atoms with Gasteiger partial charge in [0.2, 0.25) is 5.91 Å². The van der Waals surface area contributed by atoms with Gasteiger partial charge in [0.05, 0.1) is 24.9 Å². The average molecular weight is 479 g/mol. The molecule has 178 valence electrons. The van der Waals surface area contributed by atoms with E-state index in [0.717, 1.165) is 43.4 Å². The van der Waals surface area contributed by atoms with Gasteiger partial charge >= 0.3 is 0 Å². The first-order valence-electron chi connectivity index (χ1n) is 11.7. The number of carbonyl (C=O) groups is 1. The number of nitrogens with one attached hydrogen (secondary N) is 1. The maximum atomic E-state index is 12.0. The first kappa shape index (κ1) is 24.4. The lowest BCUT2D eigenvalue weighted by Gasteiger charge is -2.39. The minimum absolute atomic E-state index is 0.0689. The summed E-state index contributed by atoms with van der Waals surface area (Å²) >= 11 is 6.13. The van der Waals surface area contributed by atoms with Crippen molar-refractivity contribution in [3.63, 3.8) is 0 Å². The molecule has 4 rings (SSSR count). The highest BCUT2D eigenvalue weighted by atomic mass is 35.5. The van der Waals surface area contributed by atoms with Crippen LogP contribution in [0.4, 0.5) is 0 Å². The second-order valence-corrected chi connectivity index (χ2v) is 8.83. The van der Waals surface area contributed by atoms with E-state index in [9.17, 15) is 4.79 Å². The molecule has 34 heavy (non-hydrogen) atoms. The third-order valence-electron chi connectivity index (χ3n) is 6.05. The van der Waals surface area contributed by atoms with Crippen molar-refractivity contribution in [1.82, 2.24) is 20.1 Å². The Morgan fingerprint density at radius 3 is 2.35 bits per heavy atom. The van der Waals surface area contributed by atoms with Gasteiger partial charge in [-0.15, -0.1) is 0 Å². The quantitative estimate of drug-likeness (QED) is 0.449. The Balaban J connectivity index is 1.21. The Bertz CT molecular complexity index is 1010. The number of halogens is 1. The fourth-order valence-electron chi connectivity index (χ4n) is 4.24. The number of hydrogen-bond acceptors (Lipinski definition) is 5. The molecular formula is C27H31ClN4O2. The topological polar surface area (TPSA) is 57.7 Å². The highest BCUT2D eigenvalue weighted by Crippen LogP contribution is 2.30. The third-order valence-corrected chi connectivity index (χ3v) is 6.30. The van der Waals surface area contributed by atoms with Gasteiger partial charge < -0.3 is 10.1 Å². The van der Waals surface area contributed by atoms with E-state index in [1.165, 1.54) is 11.1 Å². The van der Waals surface area contributed by atoms with Crippen molar-refractivity contribution in [2.75, 3.05) is 45.9 Å². The van der Waals surface area contributed by atoms with Crippen LogP contribution in [-0.4, -0.2) is 66.6 Å². The van der Waals surface area contributed by atoms with Crippen molar-refractivity contribution in [2.45, 2.75) is 12.6 Å². The summed E-state index contributed by atoms with van der Waals surface area (Å²) < 4.78 is 5.61. The normalized spacial score (nSPS) is 15.7. The smallest absolute Gasteiger partial charge is 0.246 e. The number of nitrogens with zero attached hydrogens (tertiary/aromatic N) is 3. The van der Waals surface area contributed by atoms with Crippen LogP contribution in [0.25, 0.3) is 0 Å². The molecule has 2 heterocycles. The summed E-state index contributed by atoms with van der Waals surface area (Å²) in [6.45, 7) is 5.70. The van der Waals surface area contributed by atoms with Gasteiger partial charge in [0.1, 0.15) is 6.61 Å². The maximum Gasteiger partial charge on any atom is 0.246 e. The molecule has 1 amide bonds. The molecule has 0 bridgehead atoms. The number of piperazine rings is 1. The van der Waals surface area contributed by atoms with Crippen molar-refractivity contribution in [2.24, 2.45) is 0 Å². The first-order valence-corrected chi connectivity index (χ1v) is 12.1. The van der Waals surface area contributed by atoms with Crippen LogP contribution < -0.4 is 5.32 Å². The molecule has 1 aliphatic rings. The number of ether oxygens (including phenoxy) is 1. The van der Waals surface area contributed by atoms with Crippen molar-refractivity contribution in [1.29, 1.82) is 0 Å². The second-order valence-electron chi connectivity index (χ2n) is 8.39. The van der Waals surface area contributed by atoms with Crippen molar-refractivity contribution in [3.8, 4) is 0 Å². The predicted molar refractivity (Wildman–Crippen MR) is 135 cm³/mol. The molecule has 6 nitrogen and oxygen atoms in total. The standard InChI is InChI=1S/C27H31ClN4O2/c28-24-11-9-23(10-12-24)27(22-6-2-1-3-7-22)32-16-14-31(15-17-32)18-19-34-21-26(33)30-20-25-8-4-5-13-29-25/h1-13,27H,14-21H2,(H,30,33). The Morgan fingerprint density at radius 1 is 0.941 bits per heavy atom. The summed E-state index contributed by atoms with van der Waals surface area (Å²) in [6.07, 6.45) is 1.72. The molecule has 0 radical (unpaired) electrons. The second kappa shape index (κ2) is 12.6. The van der Waals surface area contributed by atoms with E-state index in [4.69, 9.17) is 16.3 Å². The van der Waals surface area contributed by atoms with Gasteiger partial charge in [0, 0.05) is 43.9 Å². The van der Waals surface area contributed by atoms with Crippen LogP contribution in [0.5, 0.6) is 0 Å². The molecule has 1 unspecified atom stereocenters. The van der Waals surface area contributed by atoms with Crippen LogP contribution in [0.3, 0.4) is 0 Å². The van der Waals surface area contributed by atoms with Crippen molar-refractivity contribution >= 4 is 17.5 Å². The van der Waals surface area contributed by atoms with E-state index >= 15 is 0 Å². The van der Waals surface area contributed by atoms with Gasteiger partial charge in [-0.05, 0) is 35.4 Å². The van der Waals surface area contributed by atoms with Crippen LogP contribution in [0.1, 0.15) is 22.9 Å². The number of rotatable bonds is 10. The third kappa shape index (κ3) is 7.11. The highest BCUT2D eigenvalue weighted by Gasteiger charge is 2.26. The van der Waals surface area contributed by atoms with E-state index in [2.05, 4.69) is 62.6 Å². The molecule has 7 heteroatoms. The molecule has 0 saturated carbocycles. The number of aromatic nitrogens is 1. The van der Waals surface area contributed by atoms with Crippen LogP contribution in [0.15, 0.2) is 79.0 Å². The maximum absolute atomic E-state index is 12.0. The Labute approximate surface area is 206 Å². The largest absolute Gasteiger partial charge is 0.370 e. The molecule has 1 fully saturated rings. The van der Waals surface area contributed by atoms with Gasteiger partial charge in [0.15, 0.2) is 0 Å². The number of carbonyl (C=O) groups excluding carboxylic acids is 1. The van der Waals surface area contributed by atoms with E-state index in [1.54, 1.807) is 6.20 Å². The van der Waals surface area contributed by atoms with Crippen molar-refractivity contribution < 1.29 is 9.53 Å². The zero-order valence-electron chi connectivity index (χ0n) is 19.3. The van der Waals surface area contributed by atoms with Crippen molar-refractivity contribution in [3.05, 3.63) is 101 Å². The van der Waals surface area contributed by atoms with E-state index in [-0.39, 0.29) is 18.6 Å². The molecule has 1 N–H and O–H groups in total. The van der Waals surface area contributed by atoms with Gasteiger partial charge in [0.25, 0.3) is 0 Å². The molecule has 0 aliphatic carbocycles. The summed E-state index contributed by atoms with van der Waals surface area (Å²) in [6, 6.07) is 24.7. The van der Waals surface area contributed by atoms with Gasteiger partial charge in [-0.3, -0.25) is 19.6 Å². The molecular weight excluding hydrogens is 448 g/mol. The summed E-state index contributed by atoms with van der Waals surface area (Å²) in [5.41, 5.74) is 3.38.